The van der Waals surface area contributed by atoms with E-state index in [4.69, 9.17) is 16.3 Å². The topological polar surface area (TPSA) is 93.2 Å². The molecule has 27 heavy (non-hydrogen) atoms. The van der Waals surface area contributed by atoms with Crippen molar-refractivity contribution in [3.63, 3.8) is 0 Å². The van der Waals surface area contributed by atoms with Crippen LogP contribution in [0.3, 0.4) is 0 Å². The number of carbonyl (C=O) groups excluding carboxylic acids is 1. The van der Waals surface area contributed by atoms with Gasteiger partial charge in [0.2, 0.25) is 0 Å². The lowest BCUT2D eigenvalue weighted by Crippen LogP contribution is -2.39. The minimum atomic E-state index is -0.856. The van der Waals surface area contributed by atoms with Crippen LogP contribution in [0.5, 0.6) is 5.75 Å². The molecule has 1 heterocycles. The third-order valence-electron chi connectivity index (χ3n) is 3.78. The maximum Gasteiger partial charge on any atom is 0.316 e. The van der Waals surface area contributed by atoms with Crippen molar-refractivity contribution in [1.29, 1.82) is 0 Å². The van der Waals surface area contributed by atoms with Crippen molar-refractivity contribution >= 4 is 28.5 Å². The summed E-state index contributed by atoms with van der Waals surface area (Å²) >= 11 is 5.77. The fourth-order valence-corrected chi connectivity index (χ4v) is 2.64. The summed E-state index contributed by atoms with van der Waals surface area (Å²) in [6.07, 6.45) is 0. The molecule has 0 unspecified atom stereocenters. The summed E-state index contributed by atoms with van der Waals surface area (Å²) < 4.78 is 19.8. The van der Waals surface area contributed by atoms with Gasteiger partial charge in [0.1, 0.15) is 11.6 Å². The molecule has 0 fully saturated rings. The van der Waals surface area contributed by atoms with E-state index in [9.17, 15) is 18.8 Å². The minimum Gasteiger partial charge on any atom is -0.484 e. The van der Waals surface area contributed by atoms with Crippen LogP contribution >= 0.6 is 11.6 Å². The Morgan fingerprint density at radius 1 is 1.19 bits per heavy atom. The first-order valence-corrected chi connectivity index (χ1v) is 8.39. The smallest absolute Gasteiger partial charge is 0.316 e. The second-order valence-electron chi connectivity index (χ2n) is 5.66. The number of ether oxygens (including phenoxy) is 1. The molecule has 3 aromatic rings. The molecule has 1 aromatic heterocycles. The number of fused-ring (bicyclic) bond motifs is 1. The summed E-state index contributed by atoms with van der Waals surface area (Å²) in [4.78, 5) is 38.0. The number of nitrogens with one attached hydrogen (secondary N) is 2. The van der Waals surface area contributed by atoms with E-state index in [-0.39, 0.29) is 25.2 Å². The summed E-state index contributed by atoms with van der Waals surface area (Å²) in [6, 6.07) is 10.3. The number of hydrogen-bond acceptors (Lipinski definition) is 4. The van der Waals surface area contributed by atoms with Crippen molar-refractivity contribution in [1.82, 2.24) is 14.9 Å². The van der Waals surface area contributed by atoms with E-state index >= 15 is 0 Å². The quantitative estimate of drug-likeness (QED) is 0.625. The van der Waals surface area contributed by atoms with Gasteiger partial charge in [0.15, 0.2) is 6.61 Å². The number of H-pyrrole nitrogens is 1. The molecule has 0 atom stereocenters. The SMILES string of the molecule is O=C(COc1ccc(Cl)cc1)NCCn1c(=O)c(=O)[nH]c2cc(F)ccc21. The number of aromatic nitrogens is 2. The number of carbonyl (C=O) groups is 1. The summed E-state index contributed by atoms with van der Waals surface area (Å²) in [5.74, 6) is -0.428. The first-order valence-electron chi connectivity index (χ1n) is 8.01. The van der Waals surface area contributed by atoms with Crippen LogP contribution in [-0.4, -0.2) is 28.6 Å². The van der Waals surface area contributed by atoms with Crippen LogP contribution < -0.4 is 21.2 Å². The highest BCUT2D eigenvalue weighted by molar-refractivity contribution is 6.30. The lowest BCUT2D eigenvalue weighted by Gasteiger charge is -2.11. The van der Waals surface area contributed by atoms with Crippen LogP contribution in [-0.2, 0) is 11.3 Å². The van der Waals surface area contributed by atoms with Gasteiger partial charge >= 0.3 is 11.1 Å². The van der Waals surface area contributed by atoms with Crippen molar-refractivity contribution in [3.8, 4) is 5.75 Å². The molecule has 0 saturated carbocycles. The highest BCUT2D eigenvalue weighted by Gasteiger charge is 2.09. The maximum absolute atomic E-state index is 13.3. The molecule has 0 aliphatic carbocycles. The zero-order valence-corrected chi connectivity index (χ0v) is 14.8. The molecule has 1 amide bonds. The molecule has 7 nitrogen and oxygen atoms in total. The molecule has 0 saturated heterocycles. The fourth-order valence-electron chi connectivity index (χ4n) is 2.51. The average Bonchev–Trinajstić information content (AvgIpc) is 2.64. The van der Waals surface area contributed by atoms with Gasteiger partial charge in [-0.05, 0) is 42.5 Å². The van der Waals surface area contributed by atoms with Crippen molar-refractivity contribution in [3.05, 3.63) is 74.0 Å². The van der Waals surface area contributed by atoms with Gasteiger partial charge in [-0.3, -0.25) is 14.4 Å². The first kappa shape index (κ1) is 18.7. The van der Waals surface area contributed by atoms with Gasteiger partial charge in [-0.2, -0.15) is 0 Å². The third kappa shape index (κ3) is 4.53. The van der Waals surface area contributed by atoms with Crippen molar-refractivity contribution in [2.24, 2.45) is 0 Å². The molecule has 0 aliphatic rings. The van der Waals surface area contributed by atoms with Crippen molar-refractivity contribution in [2.45, 2.75) is 6.54 Å². The van der Waals surface area contributed by atoms with Gasteiger partial charge in [-0.15, -0.1) is 0 Å². The van der Waals surface area contributed by atoms with E-state index in [1.54, 1.807) is 24.3 Å². The second-order valence-corrected chi connectivity index (χ2v) is 6.10. The van der Waals surface area contributed by atoms with Gasteiger partial charge < -0.3 is 19.6 Å². The van der Waals surface area contributed by atoms with E-state index < -0.39 is 22.8 Å². The van der Waals surface area contributed by atoms with Crippen LogP contribution in [0.1, 0.15) is 0 Å². The van der Waals surface area contributed by atoms with E-state index in [0.717, 1.165) is 6.07 Å². The Balaban J connectivity index is 1.62. The molecule has 9 heteroatoms. The van der Waals surface area contributed by atoms with E-state index in [0.29, 0.717) is 16.3 Å². The molecule has 3 rings (SSSR count). The Kier molecular flexibility index (Phi) is 5.56. The molecule has 2 N–H and O–H groups in total. The third-order valence-corrected chi connectivity index (χ3v) is 4.03. The molecule has 2 aromatic carbocycles. The average molecular weight is 392 g/mol. The van der Waals surface area contributed by atoms with Gasteiger partial charge in [0.25, 0.3) is 5.91 Å². The lowest BCUT2D eigenvalue weighted by atomic mass is 10.3. The Morgan fingerprint density at radius 2 is 1.93 bits per heavy atom. The van der Waals surface area contributed by atoms with E-state index in [2.05, 4.69) is 10.3 Å². The standard InChI is InChI=1S/C18H15ClFN3O4/c19-11-1-4-13(5-2-11)27-10-16(24)21-7-8-23-15-6-3-12(20)9-14(15)22-17(25)18(23)26/h1-6,9H,7-8,10H2,(H,21,24)(H,22,25). The van der Waals surface area contributed by atoms with Crippen molar-refractivity contribution in [2.75, 3.05) is 13.2 Å². The zero-order valence-electron chi connectivity index (χ0n) is 14.0. The number of rotatable bonds is 6. The minimum absolute atomic E-state index is 0.0531. The highest BCUT2D eigenvalue weighted by atomic mass is 35.5. The van der Waals surface area contributed by atoms with E-state index in [1.807, 2.05) is 0 Å². The zero-order chi connectivity index (χ0) is 19.4. The van der Waals surface area contributed by atoms with Gasteiger partial charge in [0, 0.05) is 18.1 Å². The fraction of sp³-hybridized carbons (Fsp3) is 0.167. The summed E-state index contributed by atoms with van der Waals surface area (Å²) in [7, 11) is 0. The largest absolute Gasteiger partial charge is 0.484 e. The molecule has 0 aliphatic heterocycles. The van der Waals surface area contributed by atoms with Crippen LogP contribution in [0.25, 0.3) is 11.0 Å². The van der Waals surface area contributed by atoms with Crippen LogP contribution in [0.2, 0.25) is 5.02 Å². The Labute approximate surface area is 157 Å². The number of hydrogen-bond donors (Lipinski definition) is 2. The molecule has 0 radical (unpaired) electrons. The molecular weight excluding hydrogens is 377 g/mol. The number of amides is 1. The number of halogens is 2. The molecule has 0 bridgehead atoms. The summed E-state index contributed by atoms with van der Waals surface area (Å²) in [5, 5.41) is 3.16. The van der Waals surface area contributed by atoms with Crippen LogP contribution in [0.15, 0.2) is 52.1 Å². The lowest BCUT2D eigenvalue weighted by molar-refractivity contribution is -0.123. The Bertz CT molecular complexity index is 1090. The Morgan fingerprint density at radius 3 is 2.67 bits per heavy atom. The molecular formula is C18H15ClFN3O4. The molecule has 0 spiro atoms. The van der Waals surface area contributed by atoms with Gasteiger partial charge in [-0.1, -0.05) is 11.6 Å². The van der Waals surface area contributed by atoms with Crippen molar-refractivity contribution < 1.29 is 13.9 Å². The first-order chi connectivity index (χ1) is 12.9. The monoisotopic (exact) mass is 391 g/mol. The Hall–Kier alpha value is -3.13. The number of aromatic amines is 1. The number of benzene rings is 2. The normalized spacial score (nSPS) is 10.7. The van der Waals surface area contributed by atoms with E-state index in [1.165, 1.54) is 16.7 Å². The molecule has 140 valence electrons. The van der Waals surface area contributed by atoms with Gasteiger partial charge in [-0.25, -0.2) is 4.39 Å². The summed E-state index contributed by atoms with van der Waals surface area (Å²) in [5.41, 5.74) is -1.06. The number of nitrogens with zero attached hydrogens (tertiary/aromatic N) is 1. The van der Waals surface area contributed by atoms with Crippen LogP contribution in [0, 0.1) is 5.82 Å². The maximum atomic E-state index is 13.3. The highest BCUT2D eigenvalue weighted by Crippen LogP contribution is 2.15. The second kappa shape index (κ2) is 8.05. The predicted octanol–water partition coefficient (Wildman–Crippen LogP) is 1.68. The van der Waals surface area contributed by atoms with Crippen LogP contribution in [0.4, 0.5) is 4.39 Å². The predicted molar refractivity (Wildman–Crippen MR) is 98.7 cm³/mol. The van der Waals surface area contributed by atoms with Gasteiger partial charge in [0.05, 0.1) is 11.0 Å². The summed E-state index contributed by atoms with van der Waals surface area (Å²) in [6.45, 7) is -0.0614.